The zero-order chi connectivity index (χ0) is 24.1. The van der Waals surface area contributed by atoms with Gasteiger partial charge < -0.3 is 24.4 Å². The second-order valence-electron chi connectivity index (χ2n) is 8.58. The number of rotatable bonds is 9. The smallest absolute Gasteiger partial charge is 0.336 e. The molecule has 34 heavy (non-hydrogen) atoms. The van der Waals surface area contributed by atoms with Gasteiger partial charge in [-0.3, -0.25) is 0 Å². The Kier molecular flexibility index (Phi) is 7.46. The van der Waals surface area contributed by atoms with E-state index in [0.717, 1.165) is 31.1 Å². The van der Waals surface area contributed by atoms with Crippen LogP contribution in [0, 0.1) is 5.82 Å². The van der Waals surface area contributed by atoms with E-state index in [1.807, 2.05) is 12.1 Å². The Morgan fingerprint density at radius 1 is 1.12 bits per heavy atom. The molecule has 1 heterocycles. The van der Waals surface area contributed by atoms with Gasteiger partial charge in [-0.25, -0.2) is 9.18 Å². The number of carbonyl (C=O) groups is 1. The van der Waals surface area contributed by atoms with Crippen LogP contribution in [0.3, 0.4) is 0 Å². The van der Waals surface area contributed by atoms with E-state index in [2.05, 4.69) is 0 Å². The molecule has 0 amide bonds. The summed E-state index contributed by atoms with van der Waals surface area (Å²) in [6.45, 7) is 1.46. The highest BCUT2D eigenvalue weighted by molar-refractivity contribution is 6.05. The number of fused-ring (bicyclic) bond motifs is 1. The number of aliphatic hydroxyl groups is 1. The molecule has 0 unspecified atom stereocenters. The van der Waals surface area contributed by atoms with Crippen LogP contribution in [-0.2, 0) is 16.1 Å². The Morgan fingerprint density at radius 3 is 2.50 bits per heavy atom. The third kappa shape index (κ3) is 5.06. The Bertz CT molecular complexity index is 1150. The number of aromatic carboxylic acids is 1. The molecule has 0 atom stereocenters. The van der Waals surface area contributed by atoms with Crippen molar-refractivity contribution >= 4 is 16.7 Å². The SMILES string of the molecule is COC1(CCCOc2ccc3c(-c4ccc(F)cc4)c(CO)c(C(=O)O)cc3c2)CCOCC1. The summed E-state index contributed by atoms with van der Waals surface area (Å²) in [4.78, 5) is 11.9. The van der Waals surface area contributed by atoms with Crippen LogP contribution < -0.4 is 4.74 Å². The molecule has 0 aliphatic carbocycles. The summed E-state index contributed by atoms with van der Waals surface area (Å²) in [5, 5.41) is 21.2. The van der Waals surface area contributed by atoms with Crippen LogP contribution in [0.25, 0.3) is 21.9 Å². The third-order valence-electron chi connectivity index (χ3n) is 6.62. The van der Waals surface area contributed by atoms with Crippen molar-refractivity contribution in [3.63, 3.8) is 0 Å². The van der Waals surface area contributed by atoms with Gasteiger partial charge in [-0.2, -0.15) is 0 Å². The van der Waals surface area contributed by atoms with E-state index in [0.29, 0.717) is 47.6 Å². The van der Waals surface area contributed by atoms with E-state index >= 15 is 0 Å². The number of ether oxygens (including phenoxy) is 3. The summed E-state index contributed by atoms with van der Waals surface area (Å²) in [5.74, 6) is -0.897. The van der Waals surface area contributed by atoms with Gasteiger partial charge >= 0.3 is 5.97 Å². The van der Waals surface area contributed by atoms with Crippen molar-refractivity contribution in [2.45, 2.75) is 37.9 Å². The van der Waals surface area contributed by atoms with Crippen molar-refractivity contribution in [2.75, 3.05) is 26.9 Å². The number of benzene rings is 3. The van der Waals surface area contributed by atoms with Gasteiger partial charge in [-0.15, -0.1) is 0 Å². The summed E-state index contributed by atoms with van der Waals surface area (Å²) in [6.07, 6.45) is 3.43. The summed E-state index contributed by atoms with van der Waals surface area (Å²) in [7, 11) is 1.74. The fraction of sp³-hybridized carbons (Fsp3) is 0.370. The van der Waals surface area contributed by atoms with Gasteiger partial charge in [-0.05, 0) is 77.9 Å². The zero-order valence-electron chi connectivity index (χ0n) is 19.2. The fourth-order valence-electron chi connectivity index (χ4n) is 4.70. The number of aliphatic hydroxyl groups excluding tert-OH is 1. The number of methoxy groups -OCH3 is 1. The predicted molar refractivity (Wildman–Crippen MR) is 127 cm³/mol. The van der Waals surface area contributed by atoms with Crippen LogP contribution in [0.4, 0.5) is 4.39 Å². The minimum absolute atomic E-state index is 0.00743. The minimum Gasteiger partial charge on any atom is -0.494 e. The molecule has 0 aromatic heterocycles. The van der Waals surface area contributed by atoms with Crippen LogP contribution in [0.2, 0.25) is 0 Å². The Hall–Kier alpha value is -3.00. The molecule has 6 nitrogen and oxygen atoms in total. The lowest BCUT2D eigenvalue weighted by Crippen LogP contribution is -2.38. The average molecular weight is 469 g/mol. The molecule has 180 valence electrons. The van der Waals surface area contributed by atoms with Crippen LogP contribution in [-0.4, -0.2) is 48.7 Å². The van der Waals surface area contributed by atoms with Gasteiger partial charge in [0.05, 0.1) is 24.4 Å². The number of halogens is 1. The molecule has 1 aliphatic heterocycles. The van der Waals surface area contributed by atoms with Crippen LogP contribution in [0.5, 0.6) is 5.75 Å². The molecule has 2 N–H and O–H groups in total. The number of carboxylic acid groups (broad SMARTS) is 1. The predicted octanol–water partition coefficient (Wildman–Crippen LogP) is 5.19. The first-order valence-corrected chi connectivity index (χ1v) is 11.4. The van der Waals surface area contributed by atoms with Gasteiger partial charge in [0.25, 0.3) is 0 Å². The van der Waals surface area contributed by atoms with Gasteiger partial charge in [0.2, 0.25) is 0 Å². The van der Waals surface area contributed by atoms with E-state index < -0.39 is 12.6 Å². The Labute approximate surface area is 197 Å². The largest absolute Gasteiger partial charge is 0.494 e. The van der Waals surface area contributed by atoms with Gasteiger partial charge in [0, 0.05) is 25.9 Å². The third-order valence-corrected chi connectivity index (χ3v) is 6.62. The molecule has 4 rings (SSSR count). The lowest BCUT2D eigenvalue weighted by molar-refractivity contribution is -0.0957. The molecule has 0 spiro atoms. The van der Waals surface area contributed by atoms with E-state index in [-0.39, 0.29) is 17.0 Å². The molecule has 1 fully saturated rings. The number of hydrogen-bond acceptors (Lipinski definition) is 5. The van der Waals surface area contributed by atoms with Crippen LogP contribution in [0.1, 0.15) is 41.6 Å². The highest BCUT2D eigenvalue weighted by Gasteiger charge is 2.31. The molecule has 0 saturated carbocycles. The maximum absolute atomic E-state index is 13.5. The summed E-state index contributed by atoms with van der Waals surface area (Å²) >= 11 is 0. The van der Waals surface area contributed by atoms with E-state index in [1.54, 1.807) is 31.4 Å². The molecule has 7 heteroatoms. The summed E-state index contributed by atoms with van der Waals surface area (Å²) < 4.78 is 30.7. The highest BCUT2D eigenvalue weighted by atomic mass is 19.1. The van der Waals surface area contributed by atoms with Crippen LogP contribution in [0.15, 0.2) is 48.5 Å². The molecule has 0 bridgehead atoms. The lowest BCUT2D eigenvalue weighted by Gasteiger charge is -2.36. The van der Waals surface area contributed by atoms with Crippen molar-refractivity contribution < 1.29 is 33.6 Å². The maximum atomic E-state index is 13.5. The standard InChI is InChI=1S/C27H29FO6/c1-32-27(10-13-33-14-11-27)9-2-12-34-21-7-8-22-19(15-21)16-23(26(30)31)24(17-29)25(22)18-3-5-20(28)6-4-18/h3-8,15-16,29H,2,9-14,17H2,1H3,(H,30,31). The van der Waals surface area contributed by atoms with E-state index in [4.69, 9.17) is 14.2 Å². The minimum atomic E-state index is -1.14. The van der Waals surface area contributed by atoms with Crippen molar-refractivity contribution in [1.29, 1.82) is 0 Å². The molecule has 1 saturated heterocycles. The topological polar surface area (TPSA) is 85.2 Å². The quantitative estimate of drug-likeness (QED) is 0.421. The van der Waals surface area contributed by atoms with Crippen molar-refractivity contribution in [3.05, 3.63) is 65.5 Å². The molecule has 0 radical (unpaired) electrons. The normalized spacial score (nSPS) is 15.4. The molecular formula is C27H29FO6. The molecule has 3 aromatic carbocycles. The fourth-order valence-corrected chi connectivity index (χ4v) is 4.70. The second kappa shape index (κ2) is 10.5. The first kappa shape index (κ1) is 24.1. The summed E-state index contributed by atoms with van der Waals surface area (Å²) in [6, 6.07) is 12.8. The van der Waals surface area contributed by atoms with Crippen molar-refractivity contribution in [2.24, 2.45) is 0 Å². The second-order valence-corrected chi connectivity index (χ2v) is 8.58. The van der Waals surface area contributed by atoms with Crippen molar-refractivity contribution in [3.8, 4) is 16.9 Å². The molecular weight excluding hydrogens is 439 g/mol. The van der Waals surface area contributed by atoms with Gasteiger partial charge in [0.1, 0.15) is 11.6 Å². The molecule has 1 aliphatic rings. The number of hydrogen-bond donors (Lipinski definition) is 2. The Morgan fingerprint density at radius 2 is 1.85 bits per heavy atom. The van der Waals surface area contributed by atoms with Crippen molar-refractivity contribution in [1.82, 2.24) is 0 Å². The van der Waals surface area contributed by atoms with E-state index in [1.165, 1.54) is 12.1 Å². The first-order valence-electron chi connectivity index (χ1n) is 11.4. The lowest BCUT2D eigenvalue weighted by atomic mass is 9.89. The zero-order valence-corrected chi connectivity index (χ0v) is 19.2. The Balaban J connectivity index is 1.60. The monoisotopic (exact) mass is 468 g/mol. The first-order chi connectivity index (χ1) is 16.5. The average Bonchev–Trinajstić information content (AvgIpc) is 2.86. The highest BCUT2D eigenvalue weighted by Crippen LogP contribution is 2.37. The summed E-state index contributed by atoms with van der Waals surface area (Å²) in [5.41, 5.74) is 1.35. The van der Waals surface area contributed by atoms with Gasteiger partial charge in [-0.1, -0.05) is 18.2 Å². The van der Waals surface area contributed by atoms with Crippen LogP contribution >= 0.6 is 0 Å². The van der Waals surface area contributed by atoms with E-state index in [9.17, 15) is 19.4 Å². The number of carboxylic acids is 1. The maximum Gasteiger partial charge on any atom is 0.336 e. The molecule has 3 aromatic rings. The van der Waals surface area contributed by atoms with Gasteiger partial charge in [0.15, 0.2) is 0 Å².